The highest BCUT2D eigenvalue weighted by molar-refractivity contribution is 5.60. The van der Waals surface area contributed by atoms with Crippen LogP contribution in [0.3, 0.4) is 0 Å². The molecule has 1 aromatic carbocycles. The van der Waals surface area contributed by atoms with Crippen LogP contribution < -0.4 is 5.32 Å². The molecule has 100 valence electrons. The number of likely N-dealkylation sites (N-methyl/N-ethyl adjacent to an activating group) is 1. The molecule has 0 aliphatic rings. The van der Waals surface area contributed by atoms with Crippen molar-refractivity contribution < 1.29 is 4.92 Å². The van der Waals surface area contributed by atoms with Gasteiger partial charge in [-0.1, -0.05) is 19.1 Å². The standard InChI is InChI=1S/C13H21N3O2/c1-4-15(11(2)3)10-9-14-12-7-5-6-8-13(12)16(17)18/h5-8,11,14H,4,9-10H2,1-3H3. The van der Waals surface area contributed by atoms with Gasteiger partial charge in [-0.05, 0) is 26.5 Å². The van der Waals surface area contributed by atoms with Crippen molar-refractivity contribution in [1.82, 2.24) is 4.90 Å². The molecular formula is C13H21N3O2. The van der Waals surface area contributed by atoms with E-state index in [1.165, 1.54) is 6.07 Å². The average molecular weight is 251 g/mol. The second kappa shape index (κ2) is 6.96. The average Bonchev–Trinajstić information content (AvgIpc) is 2.34. The van der Waals surface area contributed by atoms with Crippen molar-refractivity contribution >= 4 is 11.4 Å². The Hall–Kier alpha value is -1.62. The van der Waals surface area contributed by atoms with Crippen LogP contribution in [0.4, 0.5) is 11.4 Å². The number of nitrogens with zero attached hydrogens (tertiary/aromatic N) is 2. The van der Waals surface area contributed by atoms with E-state index in [2.05, 4.69) is 31.0 Å². The van der Waals surface area contributed by atoms with E-state index >= 15 is 0 Å². The highest BCUT2D eigenvalue weighted by atomic mass is 16.6. The van der Waals surface area contributed by atoms with Gasteiger partial charge in [-0.25, -0.2) is 0 Å². The summed E-state index contributed by atoms with van der Waals surface area (Å²) in [6, 6.07) is 7.22. The Bertz CT molecular complexity index is 394. The number of nitrogens with one attached hydrogen (secondary N) is 1. The summed E-state index contributed by atoms with van der Waals surface area (Å²) in [5.74, 6) is 0. The number of benzene rings is 1. The first-order chi connectivity index (χ1) is 8.56. The molecule has 0 aromatic heterocycles. The maximum atomic E-state index is 10.8. The third-order valence-electron chi connectivity index (χ3n) is 2.95. The van der Waals surface area contributed by atoms with Crippen LogP contribution in [-0.4, -0.2) is 35.5 Å². The summed E-state index contributed by atoms with van der Waals surface area (Å²) in [6.45, 7) is 8.97. The van der Waals surface area contributed by atoms with E-state index in [4.69, 9.17) is 0 Å². The summed E-state index contributed by atoms with van der Waals surface area (Å²) in [4.78, 5) is 12.8. The fourth-order valence-electron chi connectivity index (χ4n) is 1.90. The van der Waals surface area contributed by atoms with Gasteiger partial charge in [0, 0.05) is 25.2 Å². The normalized spacial score (nSPS) is 10.9. The maximum Gasteiger partial charge on any atom is 0.292 e. The van der Waals surface area contributed by atoms with E-state index in [1.54, 1.807) is 18.2 Å². The third kappa shape index (κ3) is 4.00. The monoisotopic (exact) mass is 251 g/mol. The van der Waals surface area contributed by atoms with E-state index in [-0.39, 0.29) is 10.6 Å². The minimum absolute atomic E-state index is 0.130. The van der Waals surface area contributed by atoms with Crippen LogP contribution >= 0.6 is 0 Å². The van der Waals surface area contributed by atoms with Gasteiger partial charge in [0.1, 0.15) is 5.69 Å². The Kier molecular flexibility index (Phi) is 5.58. The molecule has 18 heavy (non-hydrogen) atoms. The Morgan fingerprint density at radius 3 is 2.61 bits per heavy atom. The topological polar surface area (TPSA) is 58.4 Å². The van der Waals surface area contributed by atoms with Crippen molar-refractivity contribution in [2.75, 3.05) is 25.0 Å². The molecule has 0 spiro atoms. The number of hydrogen-bond acceptors (Lipinski definition) is 4. The molecule has 0 saturated heterocycles. The second-order valence-corrected chi connectivity index (χ2v) is 4.42. The lowest BCUT2D eigenvalue weighted by Crippen LogP contribution is -2.34. The van der Waals surface area contributed by atoms with Gasteiger partial charge in [0.05, 0.1) is 4.92 Å². The third-order valence-corrected chi connectivity index (χ3v) is 2.95. The van der Waals surface area contributed by atoms with Crippen LogP contribution in [0.5, 0.6) is 0 Å². The molecule has 0 fully saturated rings. The van der Waals surface area contributed by atoms with E-state index < -0.39 is 0 Å². The number of rotatable bonds is 7. The SMILES string of the molecule is CCN(CCNc1ccccc1[N+](=O)[O-])C(C)C. The predicted octanol–water partition coefficient (Wildman–Crippen LogP) is 2.74. The largest absolute Gasteiger partial charge is 0.378 e. The summed E-state index contributed by atoms with van der Waals surface area (Å²) in [5, 5.41) is 14.0. The zero-order valence-electron chi connectivity index (χ0n) is 11.2. The summed E-state index contributed by atoms with van der Waals surface area (Å²) in [6.07, 6.45) is 0. The first-order valence-corrected chi connectivity index (χ1v) is 6.27. The van der Waals surface area contributed by atoms with Gasteiger partial charge in [0.2, 0.25) is 0 Å². The van der Waals surface area contributed by atoms with E-state index in [0.29, 0.717) is 18.3 Å². The summed E-state index contributed by atoms with van der Waals surface area (Å²) < 4.78 is 0. The lowest BCUT2D eigenvalue weighted by Gasteiger charge is -2.24. The molecule has 0 atom stereocenters. The minimum Gasteiger partial charge on any atom is -0.378 e. The molecule has 0 radical (unpaired) electrons. The molecule has 0 saturated carbocycles. The van der Waals surface area contributed by atoms with E-state index in [9.17, 15) is 10.1 Å². The molecular weight excluding hydrogens is 230 g/mol. The fourth-order valence-corrected chi connectivity index (χ4v) is 1.90. The highest BCUT2D eigenvalue weighted by Gasteiger charge is 2.12. The number of hydrogen-bond donors (Lipinski definition) is 1. The van der Waals surface area contributed by atoms with Crippen LogP contribution in [0.15, 0.2) is 24.3 Å². The number of nitro benzene ring substituents is 1. The smallest absolute Gasteiger partial charge is 0.292 e. The Balaban J connectivity index is 2.56. The van der Waals surface area contributed by atoms with Crippen LogP contribution in [0, 0.1) is 10.1 Å². The van der Waals surface area contributed by atoms with Gasteiger partial charge < -0.3 is 5.32 Å². The molecule has 1 rings (SSSR count). The lowest BCUT2D eigenvalue weighted by molar-refractivity contribution is -0.384. The number of nitro groups is 1. The van der Waals surface area contributed by atoms with Gasteiger partial charge >= 0.3 is 0 Å². The van der Waals surface area contributed by atoms with Gasteiger partial charge in [-0.15, -0.1) is 0 Å². The molecule has 5 nitrogen and oxygen atoms in total. The Morgan fingerprint density at radius 2 is 2.06 bits per heavy atom. The zero-order valence-corrected chi connectivity index (χ0v) is 11.2. The molecule has 0 unspecified atom stereocenters. The first-order valence-electron chi connectivity index (χ1n) is 6.27. The zero-order chi connectivity index (χ0) is 13.5. The van der Waals surface area contributed by atoms with Crippen molar-refractivity contribution in [2.45, 2.75) is 26.8 Å². The first kappa shape index (κ1) is 14.4. The van der Waals surface area contributed by atoms with Crippen molar-refractivity contribution in [1.29, 1.82) is 0 Å². The van der Waals surface area contributed by atoms with Gasteiger partial charge in [-0.3, -0.25) is 15.0 Å². The van der Waals surface area contributed by atoms with Gasteiger partial charge in [0.25, 0.3) is 5.69 Å². The molecule has 1 aromatic rings. The van der Waals surface area contributed by atoms with Gasteiger partial charge in [-0.2, -0.15) is 0 Å². The van der Waals surface area contributed by atoms with E-state index in [0.717, 1.165) is 13.1 Å². The molecule has 0 bridgehead atoms. The van der Waals surface area contributed by atoms with Crippen LogP contribution in [0.2, 0.25) is 0 Å². The van der Waals surface area contributed by atoms with Crippen LogP contribution in [-0.2, 0) is 0 Å². The summed E-state index contributed by atoms with van der Waals surface area (Å²) in [7, 11) is 0. The fraction of sp³-hybridized carbons (Fsp3) is 0.538. The molecule has 1 N–H and O–H groups in total. The Labute approximate surface area is 108 Å². The van der Waals surface area contributed by atoms with Gasteiger partial charge in [0.15, 0.2) is 0 Å². The van der Waals surface area contributed by atoms with E-state index in [1.807, 2.05) is 0 Å². The van der Waals surface area contributed by atoms with Crippen molar-refractivity contribution in [2.24, 2.45) is 0 Å². The molecule has 0 amide bonds. The summed E-state index contributed by atoms with van der Waals surface area (Å²) >= 11 is 0. The molecule has 0 heterocycles. The molecule has 0 aliphatic heterocycles. The second-order valence-electron chi connectivity index (χ2n) is 4.42. The quantitative estimate of drug-likeness (QED) is 0.598. The number of para-hydroxylation sites is 2. The molecule has 5 heteroatoms. The Morgan fingerprint density at radius 1 is 1.39 bits per heavy atom. The van der Waals surface area contributed by atoms with Crippen LogP contribution in [0.25, 0.3) is 0 Å². The lowest BCUT2D eigenvalue weighted by atomic mass is 10.2. The van der Waals surface area contributed by atoms with Crippen molar-refractivity contribution in [3.05, 3.63) is 34.4 Å². The highest BCUT2D eigenvalue weighted by Crippen LogP contribution is 2.22. The minimum atomic E-state index is -0.359. The van der Waals surface area contributed by atoms with Crippen LogP contribution in [0.1, 0.15) is 20.8 Å². The molecule has 0 aliphatic carbocycles. The number of anilines is 1. The summed E-state index contributed by atoms with van der Waals surface area (Å²) in [5.41, 5.74) is 0.715. The van der Waals surface area contributed by atoms with Crippen molar-refractivity contribution in [3.8, 4) is 0 Å². The van der Waals surface area contributed by atoms with Crippen molar-refractivity contribution in [3.63, 3.8) is 0 Å². The predicted molar refractivity (Wildman–Crippen MR) is 74.0 cm³/mol. The maximum absolute atomic E-state index is 10.8.